The molecule has 1 N–H and O–H groups in total. The number of ether oxygens (including phenoxy) is 3. The quantitative estimate of drug-likeness (QED) is 0.131. The number of nitrogens with one attached hydrogen (secondary N) is 1. The van der Waals surface area contributed by atoms with Crippen molar-refractivity contribution in [1.29, 1.82) is 0 Å². The van der Waals surface area contributed by atoms with Gasteiger partial charge in [0, 0.05) is 16.5 Å². The Kier molecular flexibility index (Phi) is 10.4. The summed E-state index contributed by atoms with van der Waals surface area (Å²) >= 11 is 7.90. The molecule has 48 heavy (non-hydrogen) atoms. The highest BCUT2D eigenvalue weighted by molar-refractivity contribution is 7.98. The number of thioether (sulfide) groups is 1. The van der Waals surface area contributed by atoms with Crippen LogP contribution < -0.4 is 14.8 Å². The number of carbonyl (C=O) groups excluding carboxylic acids is 1. The number of allylic oxidation sites excluding steroid dienone is 1. The number of halogens is 1. The number of carbonyl (C=O) groups is 1. The number of esters is 1. The van der Waals surface area contributed by atoms with Crippen molar-refractivity contribution < 1.29 is 19.0 Å². The number of nitrogens with zero attached hydrogens (tertiary/aromatic N) is 3. The largest absolute Gasteiger partial charge is 0.493 e. The van der Waals surface area contributed by atoms with E-state index in [1.165, 1.54) is 23.7 Å². The Bertz CT molecular complexity index is 1790. The van der Waals surface area contributed by atoms with Crippen LogP contribution >= 0.6 is 23.4 Å². The van der Waals surface area contributed by atoms with Gasteiger partial charge in [-0.2, -0.15) is 4.98 Å². The minimum Gasteiger partial charge on any atom is -0.493 e. The van der Waals surface area contributed by atoms with Crippen LogP contribution in [-0.2, 0) is 27.3 Å². The molecule has 1 aliphatic carbocycles. The Hall–Kier alpha value is -3.95. The third-order valence-electron chi connectivity index (χ3n) is 8.91. The Balaban J connectivity index is 1.29. The lowest BCUT2D eigenvalue weighted by atomic mass is 9.87. The van der Waals surface area contributed by atoms with E-state index in [2.05, 4.69) is 50.4 Å². The van der Waals surface area contributed by atoms with Gasteiger partial charge in [0.25, 0.3) is 0 Å². The molecule has 0 spiro atoms. The molecule has 0 radical (unpaired) electrons. The smallest absolute Gasteiger partial charge is 0.338 e. The van der Waals surface area contributed by atoms with E-state index in [0.717, 1.165) is 42.4 Å². The van der Waals surface area contributed by atoms with Gasteiger partial charge in [-0.15, -0.1) is 5.10 Å². The van der Waals surface area contributed by atoms with Crippen molar-refractivity contribution in [2.24, 2.45) is 0 Å². The number of rotatable bonds is 10. The van der Waals surface area contributed by atoms with E-state index in [9.17, 15) is 4.79 Å². The first kappa shape index (κ1) is 33.9. The molecule has 1 fully saturated rings. The van der Waals surface area contributed by atoms with E-state index in [1.54, 1.807) is 11.8 Å². The lowest BCUT2D eigenvalue weighted by molar-refractivity contribution is -0.146. The highest BCUT2D eigenvalue weighted by atomic mass is 35.5. The zero-order valence-electron chi connectivity index (χ0n) is 28.2. The van der Waals surface area contributed by atoms with Crippen molar-refractivity contribution in [3.63, 3.8) is 0 Å². The molecule has 2 aliphatic rings. The summed E-state index contributed by atoms with van der Waals surface area (Å²) in [6, 6.07) is 21.4. The fourth-order valence-corrected chi connectivity index (χ4v) is 7.27. The minimum absolute atomic E-state index is 0.0839. The summed E-state index contributed by atoms with van der Waals surface area (Å²) in [4.78, 5) is 18.7. The summed E-state index contributed by atoms with van der Waals surface area (Å²) in [6.45, 7) is 8.89. The van der Waals surface area contributed by atoms with Crippen LogP contribution in [0.25, 0.3) is 0 Å². The maximum Gasteiger partial charge on any atom is 0.338 e. The van der Waals surface area contributed by atoms with Crippen LogP contribution in [0.2, 0.25) is 5.02 Å². The first-order chi connectivity index (χ1) is 23.1. The monoisotopic (exact) mass is 686 g/mol. The van der Waals surface area contributed by atoms with Crippen molar-refractivity contribution in [1.82, 2.24) is 14.8 Å². The van der Waals surface area contributed by atoms with Gasteiger partial charge in [0.1, 0.15) is 18.8 Å². The first-order valence-electron chi connectivity index (χ1n) is 16.5. The summed E-state index contributed by atoms with van der Waals surface area (Å²) in [5.74, 6) is 1.98. The molecule has 10 heteroatoms. The molecule has 1 aromatic heterocycles. The molecule has 0 saturated heterocycles. The molecule has 0 amide bonds. The van der Waals surface area contributed by atoms with Crippen LogP contribution in [0.1, 0.15) is 88.1 Å². The summed E-state index contributed by atoms with van der Waals surface area (Å²) in [7, 11) is 1.62. The molecular weight excluding hydrogens is 644 g/mol. The Morgan fingerprint density at radius 1 is 1.02 bits per heavy atom. The number of aromatic nitrogens is 3. The fourth-order valence-electron chi connectivity index (χ4n) is 6.16. The van der Waals surface area contributed by atoms with Crippen LogP contribution in [0.3, 0.4) is 0 Å². The van der Waals surface area contributed by atoms with E-state index >= 15 is 0 Å². The van der Waals surface area contributed by atoms with Crippen LogP contribution in [0, 0.1) is 0 Å². The molecule has 6 rings (SSSR count). The highest BCUT2D eigenvalue weighted by Crippen LogP contribution is 2.41. The lowest BCUT2D eigenvalue weighted by Gasteiger charge is -2.30. The molecule has 0 bridgehead atoms. The second kappa shape index (κ2) is 14.7. The van der Waals surface area contributed by atoms with Crippen molar-refractivity contribution in [3.8, 4) is 11.5 Å². The number of hydrogen-bond donors (Lipinski definition) is 1. The summed E-state index contributed by atoms with van der Waals surface area (Å²) < 4.78 is 20.0. The molecule has 252 valence electrons. The topological polar surface area (TPSA) is 87.5 Å². The van der Waals surface area contributed by atoms with E-state index < -0.39 is 6.04 Å². The van der Waals surface area contributed by atoms with Crippen LogP contribution in [0.4, 0.5) is 5.95 Å². The number of fused-ring (bicyclic) bond motifs is 1. The third kappa shape index (κ3) is 7.68. The van der Waals surface area contributed by atoms with Gasteiger partial charge in [-0.05, 0) is 78.5 Å². The van der Waals surface area contributed by atoms with Gasteiger partial charge in [-0.3, -0.25) is 0 Å². The minimum atomic E-state index is -0.590. The van der Waals surface area contributed by atoms with Gasteiger partial charge in [-0.1, -0.05) is 99.1 Å². The van der Waals surface area contributed by atoms with Gasteiger partial charge < -0.3 is 19.5 Å². The molecular formula is C38H43ClN4O4S. The molecule has 8 nitrogen and oxygen atoms in total. The standard InChI is InChI=1S/C38H43ClN4O4S/c1-24-33(35(44)47-29-12-7-6-8-13-29)34(43-36(40-24)41-37(42-43)48-23-27-11-9-10-14-30(27)39)26-17-20-31(32(21-26)45-5)46-22-25-15-18-28(19-16-25)38(2,3)4/h9-11,14-21,29,34H,6-8,12-13,22-23H2,1-5H3,(H,40,41,42). The fraction of sp³-hybridized carbons (Fsp3) is 0.395. The second-order valence-corrected chi connectivity index (χ2v) is 14.8. The van der Waals surface area contributed by atoms with Crippen LogP contribution in [-0.4, -0.2) is 33.9 Å². The van der Waals surface area contributed by atoms with Gasteiger partial charge in [-0.25, -0.2) is 9.48 Å². The average molecular weight is 687 g/mol. The van der Waals surface area contributed by atoms with Crippen molar-refractivity contribution in [3.05, 3.63) is 105 Å². The number of methoxy groups -OCH3 is 1. The van der Waals surface area contributed by atoms with Crippen LogP contribution in [0.5, 0.6) is 11.5 Å². The Morgan fingerprint density at radius 2 is 1.77 bits per heavy atom. The number of hydrogen-bond acceptors (Lipinski definition) is 8. The summed E-state index contributed by atoms with van der Waals surface area (Å²) in [5.41, 5.74) is 5.40. The maximum atomic E-state index is 13.9. The highest BCUT2D eigenvalue weighted by Gasteiger charge is 2.37. The van der Waals surface area contributed by atoms with Gasteiger partial charge in [0.05, 0.1) is 12.7 Å². The first-order valence-corrected chi connectivity index (χ1v) is 17.9. The molecule has 4 aromatic rings. The molecule has 1 saturated carbocycles. The SMILES string of the molecule is COc1cc(C2C(C(=O)OC3CCCCC3)=C(C)Nc3nc(SCc4ccccc4Cl)nn32)ccc1OCc1ccc(C(C)(C)C)cc1. The molecule has 1 unspecified atom stereocenters. The maximum absolute atomic E-state index is 13.9. The lowest BCUT2D eigenvalue weighted by Crippen LogP contribution is -2.32. The average Bonchev–Trinajstić information content (AvgIpc) is 3.48. The summed E-state index contributed by atoms with van der Waals surface area (Å²) in [5, 5.41) is 9.49. The van der Waals surface area contributed by atoms with E-state index in [-0.39, 0.29) is 17.5 Å². The second-order valence-electron chi connectivity index (χ2n) is 13.4. The van der Waals surface area contributed by atoms with Crippen molar-refractivity contribution in [2.45, 2.75) is 94.9 Å². The number of benzene rings is 3. The van der Waals surface area contributed by atoms with Crippen LogP contribution in [0.15, 0.2) is 83.2 Å². The predicted octanol–water partition coefficient (Wildman–Crippen LogP) is 9.27. The number of anilines is 1. The zero-order chi connectivity index (χ0) is 33.8. The van der Waals surface area contributed by atoms with Crippen molar-refractivity contribution >= 4 is 35.3 Å². The molecule has 1 atom stereocenters. The van der Waals surface area contributed by atoms with Gasteiger partial charge >= 0.3 is 5.97 Å². The zero-order valence-corrected chi connectivity index (χ0v) is 29.8. The van der Waals surface area contributed by atoms with Crippen molar-refractivity contribution in [2.75, 3.05) is 12.4 Å². The van der Waals surface area contributed by atoms with E-state index in [4.69, 9.17) is 35.9 Å². The summed E-state index contributed by atoms with van der Waals surface area (Å²) in [6.07, 6.45) is 4.98. The van der Waals surface area contributed by atoms with Gasteiger partial charge in [0.2, 0.25) is 11.1 Å². The Morgan fingerprint density at radius 3 is 2.48 bits per heavy atom. The molecule has 3 aromatic carbocycles. The predicted molar refractivity (Wildman–Crippen MR) is 191 cm³/mol. The van der Waals surface area contributed by atoms with E-state index in [1.807, 2.05) is 49.4 Å². The third-order valence-corrected chi connectivity index (χ3v) is 10.2. The molecule has 1 aliphatic heterocycles. The van der Waals surface area contributed by atoms with Gasteiger partial charge in [0.15, 0.2) is 11.5 Å². The Labute approximate surface area is 292 Å². The molecule has 2 heterocycles. The normalized spacial score (nSPS) is 16.7. The van der Waals surface area contributed by atoms with E-state index in [0.29, 0.717) is 51.3 Å².